The lowest BCUT2D eigenvalue weighted by Gasteiger charge is -2.40. The maximum absolute atomic E-state index is 16.1. The average molecular weight is 537 g/mol. The summed E-state index contributed by atoms with van der Waals surface area (Å²) in [6.07, 6.45) is 4.02. The molecule has 5 rings (SSSR count). The van der Waals surface area contributed by atoms with Gasteiger partial charge in [-0.05, 0) is 30.5 Å². The highest BCUT2D eigenvalue weighted by Crippen LogP contribution is 2.36. The van der Waals surface area contributed by atoms with Gasteiger partial charge in [-0.15, -0.1) is 0 Å². The SMILES string of the molecule is CC(=O)OOC1=NC(c2cnn3ccccc23)N(Cc2ccccc2)C(N[C@@H]2CCCN(C(=O)CO)C2)=C1F. The number of hydrogen-bond acceptors (Lipinski definition) is 9. The molecular weight excluding hydrogens is 507 g/mol. The third kappa shape index (κ3) is 5.70. The largest absolute Gasteiger partial charge is 0.387 e. The first kappa shape index (κ1) is 26.2. The lowest BCUT2D eigenvalue weighted by molar-refractivity contribution is -0.220. The van der Waals surface area contributed by atoms with E-state index < -0.39 is 30.5 Å². The second-order valence-corrected chi connectivity index (χ2v) is 9.35. The number of rotatable bonds is 6. The Bertz CT molecular complexity index is 1410. The van der Waals surface area contributed by atoms with Crippen LogP contribution in [0.3, 0.4) is 0 Å². The Labute approximate surface area is 224 Å². The maximum atomic E-state index is 16.1. The van der Waals surface area contributed by atoms with Crippen LogP contribution in [0.1, 0.15) is 37.1 Å². The smallest absolute Gasteiger partial charge is 0.352 e. The molecule has 2 aliphatic heterocycles. The van der Waals surface area contributed by atoms with Crippen molar-refractivity contribution in [3.05, 3.63) is 83.7 Å². The molecule has 3 aromatic rings. The number of nitrogens with zero attached hydrogens (tertiary/aromatic N) is 5. The van der Waals surface area contributed by atoms with Crippen LogP contribution in [0.15, 0.2) is 77.6 Å². The zero-order valence-corrected chi connectivity index (χ0v) is 21.4. The molecule has 1 amide bonds. The van der Waals surface area contributed by atoms with Crippen LogP contribution in [0.5, 0.6) is 0 Å². The Hall–Kier alpha value is -4.45. The first-order valence-corrected chi connectivity index (χ1v) is 12.7. The fourth-order valence-corrected chi connectivity index (χ4v) is 4.84. The van der Waals surface area contributed by atoms with Gasteiger partial charge in [-0.1, -0.05) is 36.4 Å². The molecule has 0 bridgehead atoms. The van der Waals surface area contributed by atoms with Crippen LogP contribution in [0.25, 0.3) is 5.52 Å². The van der Waals surface area contributed by atoms with Crippen molar-refractivity contribution in [2.45, 2.75) is 38.5 Å². The average Bonchev–Trinajstić information content (AvgIpc) is 3.39. The van der Waals surface area contributed by atoms with Crippen LogP contribution in [0, 0.1) is 0 Å². The summed E-state index contributed by atoms with van der Waals surface area (Å²) in [6.45, 7) is 1.63. The Kier molecular flexibility index (Phi) is 7.73. The number of aliphatic hydroxyl groups excluding tert-OH is 1. The summed E-state index contributed by atoms with van der Waals surface area (Å²) in [5, 5.41) is 17.0. The summed E-state index contributed by atoms with van der Waals surface area (Å²) in [7, 11) is 0. The number of aromatic nitrogens is 2. The monoisotopic (exact) mass is 536 g/mol. The summed E-state index contributed by atoms with van der Waals surface area (Å²) in [6, 6.07) is 14.8. The van der Waals surface area contributed by atoms with E-state index >= 15 is 4.39 Å². The van der Waals surface area contributed by atoms with Crippen LogP contribution in [-0.2, 0) is 25.9 Å². The van der Waals surface area contributed by atoms with Crippen LogP contribution in [0.2, 0.25) is 0 Å². The van der Waals surface area contributed by atoms with Gasteiger partial charge >= 0.3 is 11.9 Å². The second-order valence-electron chi connectivity index (χ2n) is 9.35. The summed E-state index contributed by atoms with van der Waals surface area (Å²) in [5.41, 5.74) is 2.35. The van der Waals surface area contributed by atoms with Crippen LogP contribution >= 0.6 is 0 Å². The molecule has 2 aliphatic rings. The van der Waals surface area contributed by atoms with Crippen molar-refractivity contribution >= 4 is 23.3 Å². The van der Waals surface area contributed by atoms with Crippen molar-refractivity contribution in [2.75, 3.05) is 19.7 Å². The molecule has 4 heterocycles. The number of nitrogens with one attached hydrogen (secondary N) is 1. The maximum Gasteiger partial charge on any atom is 0.352 e. The Morgan fingerprint density at radius 2 is 1.97 bits per heavy atom. The molecule has 0 aliphatic carbocycles. The number of aliphatic imine (C=N–C) groups is 1. The molecule has 1 unspecified atom stereocenters. The predicted octanol–water partition coefficient (Wildman–Crippen LogP) is 2.45. The Balaban J connectivity index is 1.57. The van der Waals surface area contributed by atoms with E-state index in [9.17, 15) is 14.7 Å². The minimum atomic E-state index is -0.842. The summed E-state index contributed by atoms with van der Waals surface area (Å²) in [4.78, 5) is 41.2. The molecule has 0 spiro atoms. The molecule has 2 atom stereocenters. The van der Waals surface area contributed by atoms with Gasteiger partial charge in [0.05, 0.1) is 11.7 Å². The van der Waals surface area contributed by atoms with Crippen molar-refractivity contribution in [1.82, 2.24) is 24.7 Å². The number of carbonyl (C=O) groups is 2. The molecule has 1 fully saturated rings. The third-order valence-corrected chi connectivity index (χ3v) is 6.64. The van der Waals surface area contributed by atoms with E-state index in [4.69, 9.17) is 4.89 Å². The standard InChI is InChI=1S/C27H29FN6O5/c1-18(36)38-39-27-24(28)26(30-20-10-7-12-32(16-20)23(37)17-35)33(15-19-8-3-2-4-9-19)25(31-27)21-14-29-34-13-6-5-11-22(21)34/h2-6,8-9,11,13-14,20,25,30,35H,7,10,12,15-17H2,1H3/t20-,25?/m1/s1. The van der Waals surface area contributed by atoms with E-state index in [0.717, 1.165) is 18.0 Å². The van der Waals surface area contributed by atoms with Crippen molar-refractivity contribution in [3.8, 4) is 0 Å². The number of pyridine rings is 1. The zero-order valence-electron chi connectivity index (χ0n) is 21.4. The highest BCUT2D eigenvalue weighted by molar-refractivity contribution is 5.93. The molecule has 0 saturated carbocycles. The lowest BCUT2D eigenvalue weighted by Crippen LogP contribution is -2.51. The van der Waals surface area contributed by atoms with Gasteiger partial charge in [0, 0.05) is 44.4 Å². The Morgan fingerprint density at radius 3 is 2.74 bits per heavy atom. The number of likely N-dealkylation sites (tertiary alicyclic amines) is 1. The molecule has 0 radical (unpaired) electrons. The number of amides is 1. The van der Waals surface area contributed by atoms with Crippen LogP contribution < -0.4 is 5.32 Å². The molecule has 1 aromatic carbocycles. The first-order valence-electron chi connectivity index (χ1n) is 12.7. The number of halogens is 1. The van der Waals surface area contributed by atoms with Gasteiger partial charge in [0.15, 0.2) is 6.17 Å². The van der Waals surface area contributed by atoms with Crippen LogP contribution in [-0.4, -0.2) is 68.0 Å². The molecule has 11 nitrogen and oxygen atoms in total. The third-order valence-electron chi connectivity index (χ3n) is 6.64. The van der Waals surface area contributed by atoms with E-state index in [0.29, 0.717) is 24.9 Å². The molecule has 39 heavy (non-hydrogen) atoms. The molecule has 12 heteroatoms. The van der Waals surface area contributed by atoms with Crippen LogP contribution in [0.4, 0.5) is 4.39 Å². The zero-order chi connectivity index (χ0) is 27.4. The topological polar surface area (TPSA) is 121 Å². The number of fused-ring (bicyclic) bond motifs is 1. The summed E-state index contributed by atoms with van der Waals surface area (Å²) < 4.78 is 17.8. The summed E-state index contributed by atoms with van der Waals surface area (Å²) in [5.74, 6) is -2.39. The second kappa shape index (κ2) is 11.5. The predicted molar refractivity (Wildman–Crippen MR) is 138 cm³/mol. The molecule has 2 N–H and O–H groups in total. The first-order chi connectivity index (χ1) is 18.9. The van der Waals surface area contributed by atoms with Crippen molar-refractivity contribution < 1.29 is 28.9 Å². The molecule has 204 valence electrons. The summed E-state index contributed by atoms with van der Waals surface area (Å²) >= 11 is 0. The number of hydrogen-bond donors (Lipinski definition) is 2. The number of carbonyl (C=O) groups excluding carboxylic acids is 2. The normalized spacial score (nSPS) is 19.6. The number of benzene rings is 1. The van der Waals surface area contributed by atoms with Crippen molar-refractivity contribution in [2.24, 2.45) is 4.99 Å². The fraction of sp³-hybridized carbons (Fsp3) is 0.333. The van der Waals surface area contributed by atoms with Crippen molar-refractivity contribution in [1.29, 1.82) is 0 Å². The van der Waals surface area contributed by atoms with Gasteiger partial charge in [0.25, 0.3) is 0 Å². The van der Waals surface area contributed by atoms with Gasteiger partial charge in [-0.25, -0.2) is 19.2 Å². The molecule has 2 aromatic heterocycles. The van der Waals surface area contributed by atoms with Crippen molar-refractivity contribution in [3.63, 3.8) is 0 Å². The fourth-order valence-electron chi connectivity index (χ4n) is 4.84. The number of aliphatic hydroxyl groups is 1. The van der Waals surface area contributed by atoms with Gasteiger partial charge in [-0.2, -0.15) is 9.49 Å². The quantitative estimate of drug-likeness (QED) is 0.364. The van der Waals surface area contributed by atoms with Gasteiger partial charge in [-0.3, -0.25) is 9.68 Å². The van der Waals surface area contributed by atoms with Gasteiger partial charge < -0.3 is 20.2 Å². The lowest BCUT2D eigenvalue weighted by atomic mass is 10.0. The van der Waals surface area contributed by atoms with E-state index in [-0.39, 0.29) is 30.9 Å². The highest BCUT2D eigenvalue weighted by atomic mass is 19.1. The molecular formula is C27H29FN6O5. The minimum Gasteiger partial charge on any atom is -0.387 e. The minimum absolute atomic E-state index is 0.0829. The van der Waals surface area contributed by atoms with E-state index in [1.807, 2.05) is 48.5 Å². The molecule has 1 saturated heterocycles. The van der Waals surface area contributed by atoms with E-state index in [1.165, 1.54) is 0 Å². The number of piperidine rings is 1. The van der Waals surface area contributed by atoms with E-state index in [2.05, 4.69) is 20.3 Å². The van der Waals surface area contributed by atoms with Gasteiger partial charge in [0.2, 0.25) is 11.7 Å². The van der Waals surface area contributed by atoms with Gasteiger partial charge in [0.1, 0.15) is 12.4 Å². The van der Waals surface area contributed by atoms with E-state index in [1.54, 1.807) is 26.7 Å². The highest BCUT2D eigenvalue weighted by Gasteiger charge is 2.37. The Morgan fingerprint density at radius 1 is 1.18 bits per heavy atom.